The number of nitrogens with one attached hydrogen (secondary N) is 3. The Morgan fingerprint density at radius 3 is 1.84 bits per heavy atom. The van der Waals surface area contributed by atoms with Gasteiger partial charge in [0.25, 0.3) is 31.4 Å². The minimum Gasteiger partial charge on any atom is -0.460 e. The molecule has 0 saturated heterocycles. The molecule has 1 aliphatic rings. The molecular formula is C51H40N10O10S3. The highest BCUT2D eigenvalue weighted by molar-refractivity contribution is 7.93. The summed E-state index contributed by atoms with van der Waals surface area (Å²) in [4.78, 5) is 55.5. The van der Waals surface area contributed by atoms with Crippen molar-refractivity contribution < 1.29 is 36.2 Å². The molecule has 0 radical (unpaired) electrons. The van der Waals surface area contributed by atoms with E-state index in [2.05, 4.69) is 20.3 Å². The number of benzene rings is 6. The molecule has 20 nitrogen and oxygen atoms in total. The number of aryl methyl sites for hydroxylation is 1. The maximum atomic E-state index is 14.8. The van der Waals surface area contributed by atoms with Crippen molar-refractivity contribution in [2.75, 3.05) is 32.8 Å². The number of nitro benzene ring substituents is 2. The summed E-state index contributed by atoms with van der Waals surface area (Å²) in [5.41, 5.74) is 4.01. The van der Waals surface area contributed by atoms with Gasteiger partial charge in [0, 0.05) is 34.8 Å². The van der Waals surface area contributed by atoms with Crippen LogP contribution in [-0.4, -0.2) is 65.7 Å². The number of fused-ring (bicyclic) bond motifs is 3. The molecule has 0 unspecified atom stereocenters. The lowest BCUT2D eigenvalue weighted by atomic mass is 9.95. The topological polar surface area (TPSA) is 272 Å². The first kappa shape index (κ1) is 48.7. The van der Waals surface area contributed by atoms with Crippen molar-refractivity contribution in [3.8, 4) is 11.1 Å². The summed E-state index contributed by atoms with van der Waals surface area (Å²) in [6, 6.07) is 39.2. The van der Waals surface area contributed by atoms with Gasteiger partial charge >= 0.3 is 5.97 Å². The number of carbonyl (C=O) groups is 1. The van der Waals surface area contributed by atoms with E-state index in [4.69, 9.17) is 19.7 Å². The Morgan fingerprint density at radius 2 is 1.19 bits per heavy atom. The Kier molecular flexibility index (Phi) is 13.4. The standard InChI is InChI=1S/C51H40N10O10S3/c62-51(45-39-15-4-9-20-44(39)72-50(45)57-46-47(54-41-17-6-5-16-40(41)53-46)58-73(67,68)38-14-10-11-36(31-38)61(65)66)71-30-29-59(74(69,70)37-12-2-1-3-13-37)49-48(55-42-18-7-8-19-43(42)56-49)52-34-25-21-32(22-26-34)33-23-27-35(28-24-33)60(63)64/h1-3,5-8,10-14,16-19,21-28,31H,4,9,15,20,29-30H2,(H,52,55)(H,53,57)(H,54,58). The normalized spacial score (nSPS) is 12.4. The van der Waals surface area contributed by atoms with Crippen molar-refractivity contribution in [2.45, 2.75) is 35.5 Å². The minimum atomic E-state index is -4.48. The smallest absolute Gasteiger partial charge is 0.341 e. The van der Waals surface area contributed by atoms with Crippen molar-refractivity contribution in [1.29, 1.82) is 0 Å². The summed E-state index contributed by atoms with van der Waals surface area (Å²) in [6.07, 6.45) is 2.80. The number of ether oxygens (including phenoxy) is 1. The maximum Gasteiger partial charge on any atom is 0.341 e. The molecule has 3 aromatic heterocycles. The van der Waals surface area contributed by atoms with Gasteiger partial charge in [-0.05, 0) is 109 Å². The third-order valence-electron chi connectivity index (χ3n) is 12.0. The first-order valence-corrected chi connectivity index (χ1v) is 26.5. The quantitative estimate of drug-likeness (QED) is 0.0434. The third-order valence-corrected chi connectivity index (χ3v) is 16.3. The Hall–Kier alpha value is -8.93. The largest absolute Gasteiger partial charge is 0.460 e. The number of hydrogen-bond acceptors (Lipinski definition) is 17. The lowest BCUT2D eigenvalue weighted by Crippen LogP contribution is -2.36. The number of rotatable bonds is 17. The van der Waals surface area contributed by atoms with Gasteiger partial charge in [0.15, 0.2) is 23.3 Å². The van der Waals surface area contributed by atoms with Crippen LogP contribution in [0.25, 0.3) is 33.2 Å². The second kappa shape index (κ2) is 20.3. The van der Waals surface area contributed by atoms with Crippen molar-refractivity contribution in [1.82, 2.24) is 19.9 Å². The lowest BCUT2D eigenvalue weighted by molar-refractivity contribution is -0.385. The molecule has 0 saturated carbocycles. The van der Waals surface area contributed by atoms with Gasteiger partial charge in [0.2, 0.25) is 0 Å². The summed E-state index contributed by atoms with van der Waals surface area (Å²) in [5, 5.41) is 29.4. The zero-order valence-electron chi connectivity index (χ0n) is 38.6. The third kappa shape index (κ3) is 10.1. The van der Waals surface area contributed by atoms with Crippen LogP contribution in [0.15, 0.2) is 161 Å². The van der Waals surface area contributed by atoms with Crippen LogP contribution in [0.5, 0.6) is 0 Å². The summed E-state index contributed by atoms with van der Waals surface area (Å²) < 4.78 is 66.6. The van der Waals surface area contributed by atoms with Gasteiger partial charge in [-0.1, -0.05) is 60.7 Å². The maximum absolute atomic E-state index is 14.8. The molecule has 0 fully saturated rings. The molecule has 74 heavy (non-hydrogen) atoms. The highest BCUT2D eigenvalue weighted by atomic mass is 32.2. The molecule has 10 rings (SSSR count). The number of hydrogen-bond donors (Lipinski definition) is 3. The van der Waals surface area contributed by atoms with Gasteiger partial charge in [0.05, 0.1) is 53.8 Å². The molecule has 3 N–H and O–H groups in total. The van der Waals surface area contributed by atoms with Gasteiger partial charge in [-0.15, -0.1) is 11.3 Å². The van der Waals surface area contributed by atoms with E-state index in [0.29, 0.717) is 40.6 Å². The van der Waals surface area contributed by atoms with Gasteiger partial charge in [0.1, 0.15) is 11.6 Å². The lowest BCUT2D eigenvalue weighted by Gasteiger charge is -2.25. The summed E-state index contributed by atoms with van der Waals surface area (Å²) in [5.74, 6) is -1.12. The van der Waals surface area contributed by atoms with Crippen LogP contribution in [0.3, 0.4) is 0 Å². The number of carbonyl (C=O) groups excluding carboxylic acids is 1. The molecule has 3 heterocycles. The minimum absolute atomic E-state index is 0.0400. The van der Waals surface area contributed by atoms with E-state index in [1.54, 1.807) is 103 Å². The second-order valence-corrected chi connectivity index (χ2v) is 21.4. The van der Waals surface area contributed by atoms with E-state index in [-0.39, 0.29) is 49.3 Å². The predicted octanol–water partition coefficient (Wildman–Crippen LogP) is 10.3. The average Bonchev–Trinajstić information content (AvgIpc) is 3.78. The number of non-ortho nitro benzene ring substituents is 2. The molecular weight excluding hydrogens is 1010 g/mol. The zero-order chi connectivity index (χ0) is 51.6. The zero-order valence-corrected chi connectivity index (χ0v) is 41.1. The second-order valence-electron chi connectivity index (χ2n) is 16.7. The number of sulfonamides is 2. The summed E-state index contributed by atoms with van der Waals surface area (Å²) in [7, 11) is -8.91. The van der Waals surface area contributed by atoms with Crippen LogP contribution in [0, 0.1) is 20.2 Å². The number of nitro groups is 2. The Bertz CT molecular complexity index is 3880. The number of esters is 1. The number of nitrogens with zero attached hydrogens (tertiary/aromatic N) is 7. The van der Waals surface area contributed by atoms with Crippen LogP contribution in [0.2, 0.25) is 0 Å². The molecule has 0 amide bonds. The van der Waals surface area contributed by atoms with E-state index in [9.17, 15) is 41.9 Å². The van der Waals surface area contributed by atoms with E-state index >= 15 is 0 Å². The van der Waals surface area contributed by atoms with E-state index < -0.39 is 54.7 Å². The molecule has 0 bridgehead atoms. The fourth-order valence-corrected chi connectivity index (χ4v) is 12.1. The van der Waals surface area contributed by atoms with E-state index in [1.807, 2.05) is 0 Å². The van der Waals surface area contributed by atoms with Crippen molar-refractivity contribution in [3.05, 3.63) is 188 Å². The molecule has 0 aliphatic heterocycles. The molecule has 0 atom stereocenters. The van der Waals surface area contributed by atoms with E-state index in [1.165, 1.54) is 53.8 Å². The molecule has 1 aliphatic carbocycles. The van der Waals surface area contributed by atoms with E-state index in [0.717, 1.165) is 44.8 Å². The molecule has 23 heteroatoms. The van der Waals surface area contributed by atoms with Crippen LogP contribution in [0.1, 0.15) is 33.6 Å². The Morgan fingerprint density at radius 1 is 0.622 bits per heavy atom. The van der Waals surface area contributed by atoms with Gasteiger partial charge < -0.3 is 15.4 Å². The molecule has 0 spiro atoms. The first-order valence-electron chi connectivity index (χ1n) is 22.8. The molecule has 9 aromatic rings. The Balaban J connectivity index is 0.972. The van der Waals surface area contributed by atoms with Crippen LogP contribution < -0.4 is 19.7 Å². The monoisotopic (exact) mass is 1050 g/mol. The molecule has 372 valence electrons. The van der Waals surface area contributed by atoms with Crippen molar-refractivity contribution in [3.63, 3.8) is 0 Å². The van der Waals surface area contributed by atoms with Crippen molar-refractivity contribution in [2.24, 2.45) is 0 Å². The summed E-state index contributed by atoms with van der Waals surface area (Å²) >= 11 is 1.27. The fourth-order valence-electron chi connectivity index (χ4n) is 8.35. The fraction of sp³-hybridized carbons (Fsp3) is 0.118. The highest BCUT2D eigenvalue weighted by Gasteiger charge is 2.32. The average molecular weight is 1050 g/mol. The van der Waals surface area contributed by atoms with Gasteiger partial charge in [-0.2, -0.15) is 0 Å². The number of aromatic nitrogens is 4. The highest BCUT2D eigenvalue weighted by Crippen LogP contribution is 2.41. The number of thiophene rings is 1. The number of para-hydroxylation sites is 4. The predicted molar refractivity (Wildman–Crippen MR) is 280 cm³/mol. The van der Waals surface area contributed by atoms with Crippen molar-refractivity contribution >= 4 is 105 Å². The van der Waals surface area contributed by atoms with Gasteiger partial charge in [-0.3, -0.25) is 25.0 Å². The molecule has 6 aromatic carbocycles. The van der Waals surface area contributed by atoms with Crippen LogP contribution in [0.4, 0.5) is 45.3 Å². The SMILES string of the molecule is O=C(OCCN(c1nc2ccccc2nc1Nc1ccc(-c2ccc([N+](=O)[O-])cc2)cc1)S(=O)(=O)c1ccccc1)c1c(Nc2nc3ccccc3nc2NS(=O)(=O)c2cccc([N+](=O)[O-])c2)sc2c1CCCC2. The number of anilines is 6. The first-order chi connectivity index (χ1) is 35.7. The van der Waals surface area contributed by atoms with Crippen LogP contribution >= 0.6 is 11.3 Å². The van der Waals surface area contributed by atoms with Gasteiger partial charge in [-0.25, -0.2) is 45.9 Å². The Labute approximate surface area is 426 Å². The summed E-state index contributed by atoms with van der Waals surface area (Å²) in [6.45, 7) is -0.880. The van der Waals surface area contributed by atoms with Crippen LogP contribution in [-0.2, 0) is 37.6 Å².